The Labute approximate surface area is 118 Å². The fraction of sp³-hybridized carbons (Fsp3) is 0. The van der Waals surface area contributed by atoms with Crippen LogP contribution in [-0.2, 0) is 0 Å². The molecule has 20 heavy (non-hydrogen) atoms. The van der Waals surface area contributed by atoms with Crippen molar-refractivity contribution >= 4 is 28.6 Å². The summed E-state index contributed by atoms with van der Waals surface area (Å²) in [6.07, 6.45) is 3.11. The monoisotopic (exact) mass is 283 g/mol. The van der Waals surface area contributed by atoms with E-state index in [2.05, 4.69) is 15.0 Å². The number of rotatable bonds is 3. The van der Waals surface area contributed by atoms with Gasteiger partial charge in [-0.15, -0.1) is 0 Å². The predicted molar refractivity (Wildman–Crippen MR) is 74.9 cm³/mol. The largest absolute Gasteiger partial charge is 0.477 e. The number of hydrogen-bond donors (Lipinski definition) is 1. The number of aromatic carboxylic acids is 1. The molecule has 0 bridgehead atoms. The second kappa shape index (κ2) is 5.26. The second-order valence-electron chi connectivity index (χ2n) is 3.98. The summed E-state index contributed by atoms with van der Waals surface area (Å²) in [5.41, 5.74) is 0.684. The molecule has 0 aliphatic carbocycles. The Morgan fingerprint density at radius 2 is 2.05 bits per heavy atom. The van der Waals surface area contributed by atoms with E-state index in [0.717, 1.165) is 15.3 Å². The number of nitrogens with zero attached hydrogens (tertiary/aromatic N) is 3. The standard InChI is InChI=1S/C14H9N3O2S/c18-14(19)11-7-12(20-13-5-6-15-8-16-13)9-3-1-2-4-10(9)17-11/h1-8H,(H,18,19). The van der Waals surface area contributed by atoms with Crippen LogP contribution >= 0.6 is 11.8 Å². The maximum atomic E-state index is 11.2. The fourth-order valence-corrected chi connectivity index (χ4v) is 2.70. The van der Waals surface area contributed by atoms with Crippen LogP contribution in [0, 0.1) is 0 Å². The molecule has 0 radical (unpaired) electrons. The SMILES string of the molecule is O=C(O)c1cc(Sc2ccncn2)c2ccccc2n1. The molecule has 6 heteroatoms. The van der Waals surface area contributed by atoms with Crippen LogP contribution in [0.15, 0.2) is 58.8 Å². The number of para-hydroxylation sites is 1. The minimum Gasteiger partial charge on any atom is -0.477 e. The van der Waals surface area contributed by atoms with Gasteiger partial charge in [0.15, 0.2) is 0 Å². The smallest absolute Gasteiger partial charge is 0.354 e. The van der Waals surface area contributed by atoms with Crippen LogP contribution in [0.25, 0.3) is 10.9 Å². The average molecular weight is 283 g/mol. The Balaban J connectivity index is 2.15. The van der Waals surface area contributed by atoms with E-state index in [1.54, 1.807) is 24.4 Å². The van der Waals surface area contributed by atoms with Crippen molar-refractivity contribution in [3.05, 3.63) is 54.6 Å². The van der Waals surface area contributed by atoms with Gasteiger partial charge < -0.3 is 5.11 Å². The number of fused-ring (bicyclic) bond motifs is 1. The van der Waals surface area contributed by atoms with Gasteiger partial charge in [0.1, 0.15) is 17.0 Å². The van der Waals surface area contributed by atoms with Gasteiger partial charge in [0.05, 0.1) is 5.52 Å². The van der Waals surface area contributed by atoms with Crippen LogP contribution in [0.4, 0.5) is 0 Å². The summed E-state index contributed by atoms with van der Waals surface area (Å²) in [4.78, 5) is 24.1. The zero-order valence-electron chi connectivity index (χ0n) is 10.2. The molecular formula is C14H9N3O2S. The lowest BCUT2D eigenvalue weighted by Gasteiger charge is -2.06. The zero-order valence-corrected chi connectivity index (χ0v) is 11.0. The Bertz CT molecular complexity index is 778. The fourth-order valence-electron chi connectivity index (χ4n) is 1.79. The second-order valence-corrected chi connectivity index (χ2v) is 5.04. The van der Waals surface area contributed by atoms with Crippen LogP contribution < -0.4 is 0 Å². The number of aromatic nitrogens is 3. The van der Waals surface area contributed by atoms with Gasteiger partial charge in [0, 0.05) is 16.5 Å². The van der Waals surface area contributed by atoms with Crippen molar-refractivity contribution < 1.29 is 9.90 Å². The molecule has 0 amide bonds. The summed E-state index contributed by atoms with van der Waals surface area (Å²) < 4.78 is 0. The molecule has 3 rings (SSSR count). The van der Waals surface area contributed by atoms with Crippen LogP contribution in [-0.4, -0.2) is 26.0 Å². The molecule has 0 aliphatic heterocycles. The number of pyridine rings is 1. The topological polar surface area (TPSA) is 76.0 Å². The Hall–Kier alpha value is -2.47. The van der Waals surface area contributed by atoms with Crippen molar-refractivity contribution in [1.29, 1.82) is 0 Å². The summed E-state index contributed by atoms with van der Waals surface area (Å²) in [7, 11) is 0. The van der Waals surface area contributed by atoms with Gasteiger partial charge in [-0.3, -0.25) is 0 Å². The van der Waals surface area contributed by atoms with E-state index in [0.29, 0.717) is 5.52 Å². The van der Waals surface area contributed by atoms with E-state index in [9.17, 15) is 4.79 Å². The van der Waals surface area contributed by atoms with Gasteiger partial charge in [-0.2, -0.15) is 0 Å². The Kier molecular flexibility index (Phi) is 3.30. The van der Waals surface area contributed by atoms with E-state index in [4.69, 9.17) is 5.11 Å². The molecule has 2 aromatic heterocycles. The van der Waals surface area contributed by atoms with E-state index in [-0.39, 0.29) is 5.69 Å². The maximum absolute atomic E-state index is 11.2. The molecule has 5 nitrogen and oxygen atoms in total. The molecular weight excluding hydrogens is 274 g/mol. The third-order valence-corrected chi connectivity index (χ3v) is 3.67. The summed E-state index contributed by atoms with van der Waals surface area (Å²) >= 11 is 1.39. The molecule has 1 aromatic carbocycles. The summed E-state index contributed by atoms with van der Waals surface area (Å²) in [6.45, 7) is 0. The van der Waals surface area contributed by atoms with Crippen molar-refractivity contribution in [1.82, 2.24) is 15.0 Å². The van der Waals surface area contributed by atoms with Crippen molar-refractivity contribution in [2.45, 2.75) is 9.92 Å². The van der Waals surface area contributed by atoms with Crippen molar-refractivity contribution in [2.75, 3.05) is 0 Å². The number of carboxylic acid groups (broad SMARTS) is 1. The Morgan fingerprint density at radius 1 is 1.20 bits per heavy atom. The lowest BCUT2D eigenvalue weighted by atomic mass is 10.2. The van der Waals surface area contributed by atoms with E-state index in [1.807, 2.05) is 18.2 Å². The third-order valence-electron chi connectivity index (χ3n) is 2.67. The van der Waals surface area contributed by atoms with Gasteiger partial charge in [-0.05, 0) is 18.2 Å². The molecule has 0 atom stereocenters. The first-order valence-corrected chi connectivity index (χ1v) is 6.62. The molecule has 1 N–H and O–H groups in total. The highest BCUT2D eigenvalue weighted by molar-refractivity contribution is 7.99. The first kappa shape index (κ1) is 12.6. The zero-order chi connectivity index (χ0) is 13.9. The lowest BCUT2D eigenvalue weighted by molar-refractivity contribution is 0.0690. The first-order chi connectivity index (χ1) is 9.74. The van der Waals surface area contributed by atoms with Crippen LogP contribution in [0.1, 0.15) is 10.5 Å². The van der Waals surface area contributed by atoms with E-state index < -0.39 is 5.97 Å². The highest BCUT2D eigenvalue weighted by Gasteiger charge is 2.11. The summed E-state index contributed by atoms with van der Waals surface area (Å²) in [6, 6.07) is 10.8. The van der Waals surface area contributed by atoms with Gasteiger partial charge in [0.2, 0.25) is 0 Å². The number of benzene rings is 1. The third kappa shape index (κ3) is 2.46. The highest BCUT2D eigenvalue weighted by atomic mass is 32.2. The van der Waals surface area contributed by atoms with Crippen molar-refractivity contribution in [3.8, 4) is 0 Å². The summed E-state index contributed by atoms with van der Waals surface area (Å²) in [5.74, 6) is -1.04. The van der Waals surface area contributed by atoms with Crippen molar-refractivity contribution in [2.24, 2.45) is 0 Å². The molecule has 0 saturated carbocycles. The quantitative estimate of drug-likeness (QED) is 0.745. The minimum absolute atomic E-state index is 0.0280. The molecule has 98 valence electrons. The number of hydrogen-bond acceptors (Lipinski definition) is 5. The van der Waals surface area contributed by atoms with Crippen LogP contribution in [0.3, 0.4) is 0 Å². The van der Waals surface area contributed by atoms with Crippen LogP contribution in [0.5, 0.6) is 0 Å². The molecule has 0 unspecified atom stereocenters. The van der Waals surface area contributed by atoms with Gasteiger partial charge >= 0.3 is 5.97 Å². The molecule has 3 aromatic rings. The van der Waals surface area contributed by atoms with Crippen molar-refractivity contribution in [3.63, 3.8) is 0 Å². The van der Waals surface area contributed by atoms with Crippen LogP contribution in [0.2, 0.25) is 0 Å². The van der Waals surface area contributed by atoms with Gasteiger partial charge in [-0.1, -0.05) is 30.0 Å². The highest BCUT2D eigenvalue weighted by Crippen LogP contribution is 2.32. The molecule has 2 heterocycles. The molecule has 0 fully saturated rings. The van der Waals surface area contributed by atoms with E-state index >= 15 is 0 Å². The number of carbonyl (C=O) groups is 1. The predicted octanol–water partition coefficient (Wildman–Crippen LogP) is 2.87. The Morgan fingerprint density at radius 3 is 2.80 bits per heavy atom. The van der Waals surface area contributed by atoms with Gasteiger partial charge in [-0.25, -0.2) is 19.7 Å². The summed E-state index contributed by atoms with van der Waals surface area (Å²) in [5, 5.41) is 10.8. The molecule has 0 aliphatic rings. The van der Waals surface area contributed by atoms with E-state index in [1.165, 1.54) is 18.1 Å². The molecule has 0 spiro atoms. The normalized spacial score (nSPS) is 10.6. The maximum Gasteiger partial charge on any atom is 0.354 e. The average Bonchev–Trinajstić information content (AvgIpc) is 2.48. The minimum atomic E-state index is -1.04. The van der Waals surface area contributed by atoms with Gasteiger partial charge in [0.25, 0.3) is 0 Å². The molecule has 0 saturated heterocycles. The first-order valence-electron chi connectivity index (χ1n) is 5.81. The lowest BCUT2D eigenvalue weighted by Crippen LogP contribution is -2.01. The number of carboxylic acids is 1.